The molecule has 0 bridgehead atoms. The van der Waals surface area contributed by atoms with Crippen molar-refractivity contribution in [2.45, 2.75) is 59.0 Å². The molecule has 1 aliphatic rings. The SMILES string of the molecule is CC(C)C(=O)NC1CCCc2cn(C(C)C)nc21. The largest absolute Gasteiger partial charge is 0.347 e. The highest BCUT2D eigenvalue weighted by atomic mass is 16.1. The Balaban J connectivity index is 2.19. The molecule has 0 fully saturated rings. The topological polar surface area (TPSA) is 46.9 Å². The van der Waals surface area contributed by atoms with Gasteiger partial charge < -0.3 is 5.32 Å². The van der Waals surface area contributed by atoms with Crippen LogP contribution in [0.1, 0.15) is 63.9 Å². The van der Waals surface area contributed by atoms with E-state index in [9.17, 15) is 4.79 Å². The molecule has 1 aromatic heterocycles. The Morgan fingerprint density at radius 1 is 1.44 bits per heavy atom. The van der Waals surface area contributed by atoms with E-state index in [1.54, 1.807) is 0 Å². The van der Waals surface area contributed by atoms with E-state index in [1.807, 2.05) is 18.5 Å². The first kappa shape index (κ1) is 13.1. The Hall–Kier alpha value is -1.32. The molecule has 1 amide bonds. The molecule has 100 valence electrons. The molecule has 1 atom stereocenters. The van der Waals surface area contributed by atoms with Crippen molar-refractivity contribution in [1.29, 1.82) is 0 Å². The maximum atomic E-state index is 11.8. The van der Waals surface area contributed by atoms with Crippen LogP contribution in [0.15, 0.2) is 6.20 Å². The fraction of sp³-hybridized carbons (Fsp3) is 0.714. The number of rotatable bonds is 3. The highest BCUT2D eigenvalue weighted by molar-refractivity contribution is 5.78. The fourth-order valence-corrected chi connectivity index (χ4v) is 2.31. The lowest BCUT2D eigenvalue weighted by Crippen LogP contribution is -2.33. The second-order valence-corrected chi connectivity index (χ2v) is 5.72. The fourth-order valence-electron chi connectivity index (χ4n) is 2.31. The first-order valence-corrected chi connectivity index (χ1v) is 6.87. The van der Waals surface area contributed by atoms with Gasteiger partial charge in [0.25, 0.3) is 0 Å². The Morgan fingerprint density at radius 3 is 2.78 bits per heavy atom. The van der Waals surface area contributed by atoms with Crippen molar-refractivity contribution in [2.75, 3.05) is 0 Å². The summed E-state index contributed by atoms with van der Waals surface area (Å²) in [4.78, 5) is 11.8. The number of fused-ring (bicyclic) bond motifs is 1. The van der Waals surface area contributed by atoms with Gasteiger partial charge in [-0.05, 0) is 38.7 Å². The lowest BCUT2D eigenvalue weighted by molar-refractivity contribution is -0.124. The zero-order valence-corrected chi connectivity index (χ0v) is 11.7. The predicted molar refractivity (Wildman–Crippen MR) is 71.3 cm³/mol. The van der Waals surface area contributed by atoms with Crippen LogP contribution in [-0.4, -0.2) is 15.7 Å². The van der Waals surface area contributed by atoms with Gasteiger partial charge in [-0.25, -0.2) is 0 Å². The van der Waals surface area contributed by atoms with Crippen molar-refractivity contribution in [2.24, 2.45) is 5.92 Å². The number of hydrogen-bond acceptors (Lipinski definition) is 2. The van der Waals surface area contributed by atoms with Gasteiger partial charge in [0.05, 0.1) is 11.7 Å². The minimum absolute atomic E-state index is 0.0301. The molecule has 0 saturated carbocycles. The van der Waals surface area contributed by atoms with Crippen molar-refractivity contribution in [3.63, 3.8) is 0 Å². The van der Waals surface area contributed by atoms with Crippen LogP contribution >= 0.6 is 0 Å². The minimum atomic E-state index is 0.0301. The molecule has 4 heteroatoms. The monoisotopic (exact) mass is 249 g/mol. The second kappa shape index (κ2) is 5.12. The van der Waals surface area contributed by atoms with Gasteiger partial charge in [0.15, 0.2) is 0 Å². The first-order chi connectivity index (χ1) is 8.49. The number of carbonyl (C=O) groups is 1. The summed E-state index contributed by atoms with van der Waals surface area (Å²) in [6.45, 7) is 8.10. The highest BCUT2D eigenvalue weighted by Crippen LogP contribution is 2.29. The quantitative estimate of drug-likeness (QED) is 0.895. The van der Waals surface area contributed by atoms with E-state index in [0.29, 0.717) is 6.04 Å². The molecular weight excluding hydrogens is 226 g/mol. The molecule has 1 N–H and O–H groups in total. The van der Waals surface area contributed by atoms with Gasteiger partial charge in [-0.15, -0.1) is 0 Å². The molecule has 0 aromatic carbocycles. The van der Waals surface area contributed by atoms with Gasteiger partial charge in [0.2, 0.25) is 5.91 Å². The van der Waals surface area contributed by atoms with Crippen molar-refractivity contribution in [3.8, 4) is 0 Å². The molecule has 18 heavy (non-hydrogen) atoms. The molecular formula is C14H23N3O. The highest BCUT2D eigenvalue weighted by Gasteiger charge is 2.26. The van der Waals surface area contributed by atoms with Gasteiger partial charge in [-0.3, -0.25) is 9.48 Å². The third kappa shape index (κ3) is 2.57. The van der Waals surface area contributed by atoms with Crippen LogP contribution in [0.25, 0.3) is 0 Å². The van der Waals surface area contributed by atoms with Crippen molar-refractivity contribution in [1.82, 2.24) is 15.1 Å². The number of amides is 1. The summed E-state index contributed by atoms with van der Waals surface area (Å²) in [5.74, 6) is 0.148. The van der Waals surface area contributed by atoms with Crippen molar-refractivity contribution < 1.29 is 4.79 Å². The van der Waals surface area contributed by atoms with Crippen LogP contribution in [0.2, 0.25) is 0 Å². The summed E-state index contributed by atoms with van der Waals surface area (Å²) < 4.78 is 2.00. The van der Waals surface area contributed by atoms with Crippen molar-refractivity contribution >= 4 is 5.91 Å². The van der Waals surface area contributed by atoms with Crippen molar-refractivity contribution in [3.05, 3.63) is 17.5 Å². The molecule has 1 aliphatic carbocycles. The third-order valence-corrected chi connectivity index (χ3v) is 3.48. The van der Waals surface area contributed by atoms with Gasteiger partial charge >= 0.3 is 0 Å². The zero-order chi connectivity index (χ0) is 13.3. The molecule has 2 rings (SSSR count). The molecule has 0 aliphatic heterocycles. The van der Waals surface area contributed by atoms with Gasteiger partial charge in [0.1, 0.15) is 0 Å². The number of carbonyl (C=O) groups excluding carboxylic acids is 1. The number of aromatic nitrogens is 2. The number of aryl methyl sites for hydroxylation is 1. The average Bonchev–Trinajstić information content (AvgIpc) is 2.73. The second-order valence-electron chi connectivity index (χ2n) is 5.72. The van der Waals surface area contributed by atoms with E-state index in [2.05, 4.69) is 30.5 Å². The average molecular weight is 249 g/mol. The lowest BCUT2D eigenvalue weighted by atomic mass is 9.93. The Morgan fingerprint density at radius 2 is 2.17 bits per heavy atom. The van der Waals surface area contributed by atoms with Crippen LogP contribution in [0, 0.1) is 5.92 Å². The summed E-state index contributed by atoms with van der Waals surface area (Å²) >= 11 is 0. The molecule has 0 spiro atoms. The Kier molecular flexibility index (Phi) is 3.73. The van der Waals surface area contributed by atoms with E-state index in [4.69, 9.17) is 0 Å². The Labute approximate surface area is 109 Å². The molecule has 0 saturated heterocycles. The minimum Gasteiger partial charge on any atom is -0.347 e. The smallest absolute Gasteiger partial charge is 0.223 e. The summed E-state index contributed by atoms with van der Waals surface area (Å²) in [6, 6.07) is 0.473. The van der Waals surface area contributed by atoms with Crippen LogP contribution in [0.5, 0.6) is 0 Å². The van der Waals surface area contributed by atoms with E-state index in [1.165, 1.54) is 5.56 Å². The van der Waals surface area contributed by atoms with Crippen LogP contribution in [0.4, 0.5) is 0 Å². The summed E-state index contributed by atoms with van der Waals surface area (Å²) in [5.41, 5.74) is 2.37. The molecule has 0 radical (unpaired) electrons. The van der Waals surface area contributed by atoms with Gasteiger partial charge in [-0.1, -0.05) is 13.8 Å². The van der Waals surface area contributed by atoms with Gasteiger partial charge in [-0.2, -0.15) is 5.10 Å². The number of nitrogens with zero attached hydrogens (tertiary/aromatic N) is 2. The molecule has 1 unspecified atom stereocenters. The molecule has 1 aromatic rings. The lowest BCUT2D eigenvalue weighted by Gasteiger charge is -2.23. The molecule has 4 nitrogen and oxygen atoms in total. The standard InChI is InChI=1S/C14H23N3O/c1-9(2)14(18)15-12-7-5-6-11-8-17(10(3)4)16-13(11)12/h8-10,12H,5-7H2,1-4H3,(H,15,18). The van der Waals surface area contributed by atoms with Crippen LogP contribution < -0.4 is 5.32 Å². The number of hydrogen-bond donors (Lipinski definition) is 1. The zero-order valence-electron chi connectivity index (χ0n) is 11.7. The van der Waals surface area contributed by atoms with Crippen LogP contribution in [0.3, 0.4) is 0 Å². The van der Waals surface area contributed by atoms with Gasteiger partial charge in [0, 0.05) is 18.2 Å². The maximum absolute atomic E-state index is 11.8. The molecule has 1 heterocycles. The van der Waals surface area contributed by atoms with E-state index >= 15 is 0 Å². The number of nitrogens with one attached hydrogen (secondary N) is 1. The van der Waals surface area contributed by atoms with E-state index < -0.39 is 0 Å². The summed E-state index contributed by atoms with van der Waals surface area (Å²) in [7, 11) is 0. The maximum Gasteiger partial charge on any atom is 0.223 e. The normalized spacial score (nSPS) is 19.1. The predicted octanol–water partition coefficient (Wildman–Crippen LogP) is 2.61. The first-order valence-electron chi connectivity index (χ1n) is 6.87. The third-order valence-electron chi connectivity index (χ3n) is 3.48. The van der Waals surface area contributed by atoms with Crippen LogP contribution in [-0.2, 0) is 11.2 Å². The van der Waals surface area contributed by atoms with E-state index in [-0.39, 0.29) is 17.9 Å². The van der Waals surface area contributed by atoms with E-state index in [0.717, 1.165) is 25.0 Å². The Bertz CT molecular complexity index is 434. The summed E-state index contributed by atoms with van der Waals surface area (Å²) in [6.07, 6.45) is 5.34. The summed E-state index contributed by atoms with van der Waals surface area (Å²) in [5, 5.41) is 7.76.